The van der Waals surface area contributed by atoms with Crippen LogP contribution in [0.3, 0.4) is 0 Å². The molecule has 1 aliphatic rings. The quantitative estimate of drug-likeness (QED) is 0.892. The topological polar surface area (TPSA) is 59.0 Å². The molecule has 5 heteroatoms. The number of hydrogen-bond donors (Lipinski definition) is 1. The van der Waals surface area contributed by atoms with Gasteiger partial charge in [0.15, 0.2) is 0 Å². The third kappa shape index (κ3) is 2.66. The fraction of sp³-hybridized carbons (Fsp3) is 0.500. The number of amides is 1. The van der Waals surface area contributed by atoms with Gasteiger partial charge in [-0.2, -0.15) is 0 Å². The number of carbonyl (C=O) groups excluding carboxylic acids is 1. The number of likely N-dealkylation sites (tertiary alicyclic amines) is 1. The van der Waals surface area contributed by atoms with Gasteiger partial charge in [-0.05, 0) is 25.5 Å². The summed E-state index contributed by atoms with van der Waals surface area (Å²) in [7, 11) is 3.13. The molecule has 1 saturated heterocycles. The highest BCUT2D eigenvalue weighted by atomic mass is 16.5. The van der Waals surface area contributed by atoms with Crippen molar-refractivity contribution in [3.63, 3.8) is 0 Å². The highest BCUT2D eigenvalue weighted by Gasteiger charge is 2.26. The first-order valence-corrected chi connectivity index (χ1v) is 6.26. The van der Waals surface area contributed by atoms with Gasteiger partial charge in [0.2, 0.25) is 0 Å². The number of rotatable bonds is 3. The Kier molecular flexibility index (Phi) is 3.95. The lowest BCUT2D eigenvalue weighted by Crippen LogP contribution is -2.29. The fourth-order valence-electron chi connectivity index (χ4n) is 2.32. The van der Waals surface area contributed by atoms with Gasteiger partial charge < -0.3 is 19.5 Å². The Morgan fingerprint density at radius 3 is 2.32 bits per heavy atom. The molecule has 0 bridgehead atoms. The lowest BCUT2D eigenvalue weighted by atomic mass is 10.1. The average Bonchev–Trinajstić information content (AvgIpc) is 2.85. The summed E-state index contributed by atoms with van der Waals surface area (Å²) in [6, 6.07) is 3.43. The van der Waals surface area contributed by atoms with Crippen LogP contribution in [-0.4, -0.2) is 49.3 Å². The largest absolute Gasteiger partial charge is 0.496 e. The van der Waals surface area contributed by atoms with Crippen molar-refractivity contribution in [1.29, 1.82) is 0 Å². The predicted octanol–water partition coefficient (Wildman–Crippen LogP) is 1.22. The molecule has 1 atom stereocenters. The van der Waals surface area contributed by atoms with Gasteiger partial charge in [0.05, 0.1) is 20.3 Å². The molecule has 19 heavy (non-hydrogen) atoms. The van der Waals surface area contributed by atoms with E-state index in [1.807, 2.05) is 6.92 Å². The number of β-amino-alcohol motifs (C(OH)–C–C–N with tert-alkyl or cyclic N) is 1. The molecule has 1 aromatic carbocycles. The Labute approximate surface area is 112 Å². The molecular weight excluding hydrogens is 246 g/mol. The first-order valence-electron chi connectivity index (χ1n) is 6.26. The van der Waals surface area contributed by atoms with Crippen molar-refractivity contribution in [2.45, 2.75) is 19.4 Å². The van der Waals surface area contributed by atoms with E-state index in [-0.39, 0.29) is 5.91 Å². The molecule has 0 unspecified atom stereocenters. The van der Waals surface area contributed by atoms with Crippen molar-refractivity contribution in [3.05, 3.63) is 23.3 Å². The minimum atomic E-state index is -0.418. The maximum Gasteiger partial charge on any atom is 0.254 e. The van der Waals surface area contributed by atoms with Gasteiger partial charge in [-0.15, -0.1) is 0 Å². The number of benzene rings is 1. The molecule has 1 aliphatic heterocycles. The predicted molar refractivity (Wildman–Crippen MR) is 70.8 cm³/mol. The molecule has 1 aromatic rings. The summed E-state index contributed by atoms with van der Waals surface area (Å²) in [5.74, 6) is 1.15. The van der Waals surface area contributed by atoms with Crippen LogP contribution in [0.25, 0.3) is 0 Å². The Balaban J connectivity index is 2.31. The molecule has 0 aromatic heterocycles. The van der Waals surface area contributed by atoms with Crippen LogP contribution in [-0.2, 0) is 0 Å². The van der Waals surface area contributed by atoms with Crippen molar-refractivity contribution >= 4 is 5.91 Å². The van der Waals surface area contributed by atoms with E-state index in [4.69, 9.17) is 9.47 Å². The van der Waals surface area contributed by atoms with E-state index in [0.29, 0.717) is 36.6 Å². The normalized spacial score (nSPS) is 18.5. The number of aliphatic hydroxyl groups is 1. The molecule has 0 saturated carbocycles. The second-order valence-corrected chi connectivity index (χ2v) is 4.70. The maximum atomic E-state index is 12.3. The Morgan fingerprint density at radius 1 is 1.32 bits per heavy atom. The smallest absolute Gasteiger partial charge is 0.254 e. The van der Waals surface area contributed by atoms with Gasteiger partial charge in [-0.1, -0.05) is 0 Å². The monoisotopic (exact) mass is 265 g/mol. The van der Waals surface area contributed by atoms with E-state index in [1.165, 1.54) is 0 Å². The number of ether oxygens (including phenoxy) is 2. The Bertz CT molecular complexity index is 461. The SMILES string of the molecule is COc1cc(C(=O)N2CC[C@@H](O)C2)cc(OC)c1C. The molecule has 2 rings (SSSR count). The van der Waals surface area contributed by atoms with Gasteiger partial charge in [0.1, 0.15) is 11.5 Å². The molecule has 1 amide bonds. The molecule has 0 radical (unpaired) electrons. The summed E-state index contributed by atoms with van der Waals surface area (Å²) >= 11 is 0. The summed E-state index contributed by atoms with van der Waals surface area (Å²) in [6.07, 6.45) is 0.212. The lowest BCUT2D eigenvalue weighted by molar-refractivity contribution is 0.0764. The summed E-state index contributed by atoms with van der Waals surface area (Å²) in [5, 5.41) is 9.50. The molecule has 0 spiro atoms. The zero-order valence-corrected chi connectivity index (χ0v) is 11.5. The molecule has 1 heterocycles. The zero-order valence-electron chi connectivity index (χ0n) is 11.5. The van der Waals surface area contributed by atoms with Gasteiger partial charge in [0, 0.05) is 24.2 Å². The highest BCUT2D eigenvalue weighted by molar-refractivity contribution is 5.95. The van der Waals surface area contributed by atoms with Crippen LogP contribution < -0.4 is 9.47 Å². The van der Waals surface area contributed by atoms with Crippen LogP contribution in [0.4, 0.5) is 0 Å². The van der Waals surface area contributed by atoms with E-state index in [9.17, 15) is 9.90 Å². The minimum absolute atomic E-state index is 0.104. The zero-order chi connectivity index (χ0) is 14.0. The summed E-state index contributed by atoms with van der Waals surface area (Å²) in [6.45, 7) is 2.85. The van der Waals surface area contributed by atoms with Crippen LogP contribution in [0.15, 0.2) is 12.1 Å². The number of methoxy groups -OCH3 is 2. The van der Waals surface area contributed by atoms with Crippen LogP contribution in [0, 0.1) is 6.92 Å². The van der Waals surface area contributed by atoms with Crippen molar-refractivity contribution < 1.29 is 19.4 Å². The molecule has 5 nitrogen and oxygen atoms in total. The number of nitrogens with zero attached hydrogens (tertiary/aromatic N) is 1. The molecule has 104 valence electrons. The highest BCUT2D eigenvalue weighted by Crippen LogP contribution is 2.30. The van der Waals surface area contributed by atoms with Gasteiger partial charge in [-0.25, -0.2) is 0 Å². The summed E-state index contributed by atoms with van der Waals surface area (Å²) in [4.78, 5) is 14.0. The standard InChI is InChI=1S/C14H19NO4/c1-9-12(18-2)6-10(7-13(9)19-3)14(17)15-5-4-11(16)8-15/h6-7,11,16H,4-5,8H2,1-3H3/t11-/m1/s1. The third-order valence-corrected chi connectivity index (χ3v) is 3.45. The van der Waals surface area contributed by atoms with Crippen molar-refractivity contribution in [1.82, 2.24) is 4.90 Å². The van der Waals surface area contributed by atoms with Gasteiger partial charge >= 0.3 is 0 Å². The van der Waals surface area contributed by atoms with Crippen LogP contribution in [0.1, 0.15) is 22.3 Å². The van der Waals surface area contributed by atoms with E-state index in [0.717, 1.165) is 5.56 Å². The van der Waals surface area contributed by atoms with Crippen LogP contribution >= 0.6 is 0 Å². The Morgan fingerprint density at radius 2 is 1.89 bits per heavy atom. The van der Waals surface area contributed by atoms with E-state index in [2.05, 4.69) is 0 Å². The first kappa shape index (κ1) is 13.7. The van der Waals surface area contributed by atoms with Crippen molar-refractivity contribution in [2.24, 2.45) is 0 Å². The molecule has 1 fully saturated rings. The number of aliphatic hydroxyl groups excluding tert-OH is 1. The second-order valence-electron chi connectivity index (χ2n) is 4.70. The van der Waals surface area contributed by atoms with Crippen molar-refractivity contribution in [3.8, 4) is 11.5 Å². The van der Waals surface area contributed by atoms with E-state index in [1.54, 1.807) is 31.3 Å². The number of hydrogen-bond acceptors (Lipinski definition) is 4. The maximum absolute atomic E-state index is 12.3. The van der Waals surface area contributed by atoms with Gasteiger partial charge in [0.25, 0.3) is 5.91 Å². The molecule has 0 aliphatic carbocycles. The van der Waals surface area contributed by atoms with E-state index >= 15 is 0 Å². The fourth-order valence-corrected chi connectivity index (χ4v) is 2.32. The van der Waals surface area contributed by atoms with Crippen molar-refractivity contribution in [2.75, 3.05) is 27.3 Å². The van der Waals surface area contributed by atoms with Gasteiger partial charge in [-0.3, -0.25) is 4.79 Å². The summed E-state index contributed by atoms with van der Waals surface area (Å²) in [5.41, 5.74) is 1.39. The minimum Gasteiger partial charge on any atom is -0.496 e. The van der Waals surface area contributed by atoms with E-state index < -0.39 is 6.10 Å². The van der Waals surface area contributed by atoms with Crippen LogP contribution in [0.2, 0.25) is 0 Å². The Hall–Kier alpha value is -1.75. The second kappa shape index (κ2) is 5.48. The third-order valence-electron chi connectivity index (χ3n) is 3.45. The molecular formula is C14H19NO4. The number of carbonyl (C=O) groups is 1. The lowest BCUT2D eigenvalue weighted by Gasteiger charge is -2.18. The molecule has 1 N–H and O–H groups in total. The average molecular weight is 265 g/mol. The van der Waals surface area contributed by atoms with Crippen LogP contribution in [0.5, 0.6) is 11.5 Å². The first-order chi connectivity index (χ1) is 9.06. The summed E-state index contributed by atoms with van der Waals surface area (Å²) < 4.78 is 10.5.